The maximum absolute atomic E-state index is 5.82. The zero-order valence-corrected chi connectivity index (χ0v) is 12.2. The molecule has 2 heterocycles. The molecule has 0 aliphatic rings. The lowest BCUT2D eigenvalue weighted by Gasteiger charge is -1.89. The Hall–Kier alpha value is -2.20. The first-order valence-electron chi connectivity index (χ1n) is 6.31. The SMILES string of the molecule is C=Cc1nc(-c2nc3ccccc3s2)oc1C=C(C)C. The van der Waals surface area contributed by atoms with Crippen LogP contribution in [0.4, 0.5) is 0 Å². The molecule has 1 aromatic carbocycles. The zero-order chi connectivity index (χ0) is 14.1. The molecule has 0 atom stereocenters. The molecule has 0 spiro atoms. The second-order valence-electron chi connectivity index (χ2n) is 4.68. The molecule has 3 rings (SSSR count). The maximum atomic E-state index is 5.82. The van der Waals surface area contributed by atoms with Crippen LogP contribution in [0.15, 0.2) is 40.8 Å². The smallest absolute Gasteiger partial charge is 0.256 e. The molecule has 0 bridgehead atoms. The molecule has 0 aliphatic carbocycles. The van der Waals surface area contributed by atoms with Crippen LogP contribution in [0.5, 0.6) is 0 Å². The number of rotatable bonds is 3. The summed E-state index contributed by atoms with van der Waals surface area (Å²) in [6.07, 6.45) is 3.66. The van der Waals surface area contributed by atoms with Gasteiger partial charge in [-0.25, -0.2) is 9.97 Å². The van der Waals surface area contributed by atoms with Crippen molar-refractivity contribution in [3.05, 3.63) is 47.9 Å². The highest BCUT2D eigenvalue weighted by Gasteiger charge is 2.14. The molecule has 0 saturated carbocycles. The Morgan fingerprint density at radius 2 is 2.05 bits per heavy atom. The lowest BCUT2D eigenvalue weighted by atomic mass is 10.2. The van der Waals surface area contributed by atoms with E-state index >= 15 is 0 Å². The molecule has 3 nitrogen and oxygen atoms in total. The fourth-order valence-corrected chi connectivity index (χ4v) is 2.80. The molecule has 4 heteroatoms. The second kappa shape index (κ2) is 5.06. The van der Waals surface area contributed by atoms with Crippen LogP contribution in [0.2, 0.25) is 0 Å². The maximum Gasteiger partial charge on any atom is 0.256 e. The molecule has 0 radical (unpaired) electrons. The molecular weight excluding hydrogens is 268 g/mol. The third-order valence-corrected chi connectivity index (χ3v) is 3.80. The number of hydrogen-bond acceptors (Lipinski definition) is 4. The summed E-state index contributed by atoms with van der Waals surface area (Å²) >= 11 is 1.58. The van der Waals surface area contributed by atoms with Gasteiger partial charge in [0, 0.05) is 0 Å². The van der Waals surface area contributed by atoms with Crippen molar-refractivity contribution in [1.82, 2.24) is 9.97 Å². The Kier molecular flexibility index (Phi) is 3.24. The van der Waals surface area contributed by atoms with Gasteiger partial charge in [-0.3, -0.25) is 0 Å². The summed E-state index contributed by atoms with van der Waals surface area (Å²) in [5, 5.41) is 0.794. The minimum Gasteiger partial charge on any atom is -0.434 e. The molecule has 0 aliphatic heterocycles. The Labute approximate surface area is 121 Å². The van der Waals surface area contributed by atoms with E-state index in [4.69, 9.17) is 4.42 Å². The van der Waals surface area contributed by atoms with Gasteiger partial charge >= 0.3 is 0 Å². The fraction of sp³-hybridized carbons (Fsp3) is 0.125. The summed E-state index contributed by atoms with van der Waals surface area (Å²) in [6.45, 7) is 7.82. The number of fused-ring (bicyclic) bond motifs is 1. The van der Waals surface area contributed by atoms with Gasteiger partial charge in [0.2, 0.25) is 0 Å². The predicted molar refractivity (Wildman–Crippen MR) is 84.5 cm³/mol. The van der Waals surface area contributed by atoms with Gasteiger partial charge in [0.1, 0.15) is 5.69 Å². The number of oxazole rings is 1. The number of hydrogen-bond donors (Lipinski definition) is 0. The van der Waals surface area contributed by atoms with Gasteiger partial charge in [-0.1, -0.05) is 24.3 Å². The number of allylic oxidation sites excluding steroid dienone is 1. The van der Waals surface area contributed by atoms with Crippen molar-refractivity contribution in [2.24, 2.45) is 0 Å². The van der Waals surface area contributed by atoms with Crippen molar-refractivity contribution in [2.45, 2.75) is 13.8 Å². The highest BCUT2D eigenvalue weighted by Crippen LogP contribution is 2.31. The van der Waals surface area contributed by atoms with Crippen LogP contribution in [0, 0.1) is 0 Å². The van der Waals surface area contributed by atoms with E-state index in [1.807, 2.05) is 44.2 Å². The molecule has 20 heavy (non-hydrogen) atoms. The first-order chi connectivity index (χ1) is 9.67. The summed E-state index contributed by atoms with van der Waals surface area (Å²) in [7, 11) is 0. The van der Waals surface area contributed by atoms with Crippen molar-refractivity contribution < 1.29 is 4.42 Å². The normalized spacial score (nSPS) is 10.7. The first-order valence-corrected chi connectivity index (χ1v) is 7.13. The van der Waals surface area contributed by atoms with E-state index in [1.54, 1.807) is 17.4 Å². The summed E-state index contributed by atoms with van der Waals surface area (Å²) < 4.78 is 6.95. The van der Waals surface area contributed by atoms with E-state index in [9.17, 15) is 0 Å². The van der Waals surface area contributed by atoms with Gasteiger partial charge in [-0.05, 0) is 38.1 Å². The minimum atomic E-state index is 0.550. The average Bonchev–Trinajstić information content (AvgIpc) is 3.00. The van der Waals surface area contributed by atoms with Gasteiger partial charge in [0.25, 0.3) is 5.89 Å². The number of aromatic nitrogens is 2. The Morgan fingerprint density at radius 1 is 1.25 bits per heavy atom. The van der Waals surface area contributed by atoms with Crippen molar-refractivity contribution in [3.63, 3.8) is 0 Å². The van der Waals surface area contributed by atoms with Crippen molar-refractivity contribution in [1.29, 1.82) is 0 Å². The van der Waals surface area contributed by atoms with Crippen molar-refractivity contribution >= 4 is 33.7 Å². The zero-order valence-electron chi connectivity index (χ0n) is 11.4. The van der Waals surface area contributed by atoms with Crippen LogP contribution >= 0.6 is 11.3 Å². The van der Waals surface area contributed by atoms with E-state index in [-0.39, 0.29) is 0 Å². The fourth-order valence-electron chi connectivity index (χ4n) is 1.91. The van der Waals surface area contributed by atoms with Gasteiger partial charge in [-0.2, -0.15) is 0 Å². The van der Waals surface area contributed by atoms with Gasteiger partial charge in [-0.15, -0.1) is 11.3 Å². The molecule has 0 N–H and O–H groups in total. The summed E-state index contributed by atoms with van der Waals surface area (Å²) in [5.41, 5.74) is 2.87. The van der Waals surface area contributed by atoms with Gasteiger partial charge in [0.15, 0.2) is 10.8 Å². The number of nitrogens with zero attached hydrogens (tertiary/aromatic N) is 2. The summed E-state index contributed by atoms with van der Waals surface area (Å²) in [6, 6.07) is 8.02. The molecule has 0 unspecified atom stereocenters. The quantitative estimate of drug-likeness (QED) is 0.677. The standard InChI is InChI=1S/C16H14N2OS/c1-4-11-13(9-10(2)3)19-15(17-11)16-18-12-7-5-6-8-14(12)20-16/h4-9H,1H2,2-3H3. The predicted octanol–water partition coefficient (Wildman–Crippen LogP) is 5.02. The van der Waals surface area contributed by atoms with Gasteiger partial charge < -0.3 is 4.42 Å². The second-order valence-corrected chi connectivity index (χ2v) is 5.71. The molecule has 3 aromatic rings. The Morgan fingerprint density at radius 3 is 2.75 bits per heavy atom. The molecule has 2 aromatic heterocycles. The van der Waals surface area contributed by atoms with Crippen molar-refractivity contribution in [3.8, 4) is 10.9 Å². The third kappa shape index (κ3) is 2.30. The summed E-state index contributed by atoms with van der Waals surface area (Å²) in [5.74, 6) is 1.28. The minimum absolute atomic E-state index is 0.550. The topological polar surface area (TPSA) is 38.9 Å². The third-order valence-electron chi connectivity index (χ3n) is 2.77. The molecule has 0 amide bonds. The van der Waals surface area contributed by atoms with Gasteiger partial charge in [0.05, 0.1) is 10.2 Å². The lowest BCUT2D eigenvalue weighted by Crippen LogP contribution is -1.76. The number of para-hydroxylation sites is 1. The van der Waals surface area contributed by atoms with Crippen LogP contribution < -0.4 is 0 Å². The van der Waals surface area contributed by atoms with E-state index in [0.29, 0.717) is 5.89 Å². The van der Waals surface area contributed by atoms with E-state index < -0.39 is 0 Å². The highest BCUT2D eigenvalue weighted by atomic mass is 32.1. The molecular formula is C16H14N2OS. The number of thiazole rings is 1. The highest BCUT2D eigenvalue weighted by molar-refractivity contribution is 7.21. The van der Waals surface area contributed by atoms with Crippen LogP contribution in [-0.4, -0.2) is 9.97 Å². The lowest BCUT2D eigenvalue weighted by molar-refractivity contribution is 0.563. The van der Waals surface area contributed by atoms with Crippen LogP contribution in [-0.2, 0) is 0 Å². The van der Waals surface area contributed by atoms with Crippen LogP contribution in [0.25, 0.3) is 33.3 Å². The molecule has 0 saturated heterocycles. The van der Waals surface area contributed by atoms with E-state index in [0.717, 1.165) is 32.3 Å². The Bertz CT molecular complexity index is 774. The monoisotopic (exact) mass is 282 g/mol. The molecule has 100 valence electrons. The molecule has 0 fully saturated rings. The van der Waals surface area contributed by atoms with Crippen LogP contribution in [0.3, 0.4) is 0 Å². The van der Waals surface area contributed by atoms with E-state index in [2.05, 4.69) is 16.5 Å². The van der Waals surface area contributed by atoms with Crippen molar-refractivity contribution in [2.75, 3.05) is 0 Å². The summed E-state index contributed by atoms with van der Waals surface area (Å²) in [4.78, 5) is 9.02. The number of benzene rings is 1. The first kappa shape index (κ1) is 12.8. The average molecular weight is 282 g/mol. The largest absolute Gasteiger partial charge is 0.434 e. The Balaban J connectivity index is 2.12. The van der Waals surface area contributed by atoms with Crippen LogP contribution in [0.1, 0.15) is 25.3 Å². The van der Waals surface area contributed by atoms with E-state index in [1.165, 1.54) is 0 Å².